The van der Waals surface area contributed by atoms with Gasteiger partial charge in [0.1, 0.15) is 71.8 Å². The zero-order valence-electron chi connectivity index (χ0n) is 27.1. The Morgan fingerprint density at radius 2 is 1.53 bits per heavy atom. The first-order valence-electron chi connectivity index (χ1n) is 15.3. The molecule has 51 heavy (non-hydrogen) atoms. The molecule has 1 aromatic heterocycles. The lowest BCUT2D eigenvalue weighted by Crippen LogP contribution is -2.65. The molecule has 2 aliphatic heterocycles. The van der Waals surface area contributed by atoms with Gasteiger partial charge < -0.3 is 78.4 Å². The SMILES string of the molecule is COc1cc(-c2oc3cc(O)cc(O)c3c(=O)c2O[C@@H]2OC(CO)[C@@H](O)C(O[C@@H]3OC(COC(C)=O)[C@@H](OC(C)=O)C(O)C3O)[C@H]2O)ccc1O. The Hall–Kier alpha value is -4.73. The molecule has 19 nitrogen and oxygen atoms in total. The summed E-state index contributed by atoms with van der Waals surface area (Å²) in [7, 11) is 1.26. The van der Waals surface area contributed by atoms with Crippen LogP contribution in [0.3, 0.4) is 0 Å². The molecule has 2 saturated heterocycles. The minimum Gasteiger partial charge on any atom is -0.508 e. The van der Waals surface area contributed by atoms with Gasteiger partial charge in [-0.15, -0.1) is 0 Å². The Balaban J connectivity index is 1.52. The first-order valence-corrected chi connectivity index (χ1v) is 15.3. The van der Waals surface area contributed by atoms with Gasteiger partial charge in [-0.2, -0.15) is 0 Å². The van der Waals surface area contributed by atoms with Crippen LogP contribution in [-0.4, -0.2) is 135 Å². The van der Waals surface area contributed by atoms with E-state index in [0.717, 1.165) is 26.0 Å². The number of aromatic hydroxyl groups is 3. The lowest BCUT2D eigenvalue weighted by atomic mass is 9.96. The van der Waals surface area contributed by atoms with E-state index in [2.05, 4.69) is 0 Å². The van der Waals surface area contributed by atoms with E-state index in [1.54, 1.807) is 0 Å². The van der Waals surface area contributed by atoms with E-state index >= 15 is 0 Å². The number of benzene rings is 2. The molecule has 0 radical (unpaired) electrons. The summed E-state index contributed by atoms with van der Waals surface area (Å²) in [4.78, 5) is 37.0. The van der Waals surface area contributed by atoms with E-state index in [0.29, 0.717) is 0 Å². The van der Waals surface area contributed by atoms with Crippen molar-refractivity contribution in [1.29, 1.82) is 0 Å². The highest BCUT2D eigenvalue weighted by molar-refractivity contribution is 5.88. The first kappa shape index (κ1) is 37.5. The number of hydrogen-bond acceptors (Lipinski definition) is 19. The summed E-state index contributed by atoms with van der Waals surface area (Å²) in [5.41, 5.74) is -1.26. The van der Waals surface area contributed by atoms with Crippen molar-refractivity contribution in [2.24, 2.45) is 0 Å². The molecule has 8 N–H and O–H groups in total. The number of aliphatic hydroxyl groups excluding tert-OH is 5. The maximum absolute atomic E-state index is 13.9. The molecule has 0 saturated carbocycles. The molecule has 5 unspecified atom stereocenters. The minimum atomic E-state index is -2.07. The second kappa shape index (κ2) is 15.3. The van der Waals surface area contributed by atoms with Crippen LogP contribution in [0, 0.1) is 0 Å². The van der Waals surface area contributed by atoms with E-state index < -0.39 is 115 Å². The average Bonchev–Trinajstić information content (AvgIpc) is 3.07. The number of hydrogen-bond donors (Lipinski definition) is 8. The Labute approximate surface area is 287 Å². The van der Waals surface area contributed by atoms with Crippen molar-refractivity contribution in [3.05, 3.63) is 40.6 Å². The zero-order valence-corrected chi connectivity index (χ0v) is 27.1. The number of esters is 2. The summed E-state index contributed by atoms with van der Waals surface area (Å²) in [6.07, 6.45) is -18.0. The number of fused-ring (bicyclic) bond motifs is 1. The van der Waals surface area contributed by atoms with E-state index in [-0.39, 0.29) is 28.4 Å². The third kappa shape index (κ3) is 7.65. The second-order valence-corrected chi connectivity index (χ2v) is 11.6. The smallest absolute Gasteiger partial charge is 0.303 e. The largest absolute Gasteiger partial charge is 0.508 e. The number of aliphatic hydroxyl groups is 5. The molecule has 10 atom stereocenters. The standard InChI is InChI=1S/C32H36O19/c1-11(34)45-10-20-28(46-12(2)35)24(41)25(42)31(49-20)50-29-22(39)19(9-33)48-32(26(29)43)51-30-23(40)21-16(38)7-14(36)8-18(21)47-27(30)13-4-5-15(37)17(6-13)44-3/h4-8,19-20,22,24-26,28-29,31-33,36-39,41-43H,9-10H2,1-3H3/t19?,20?,22-,24?,25?,26-,28-,29?,31+,32+/m1/s1. The van der Waals surface area contributed by atoms with Crippen molar-refractivity contribution in [2.45, 2.75) is 75.3 Å². The number of phenols is 3. The van der Waals surface area contributed by atoms with Gasteiger partial charge >= 0.3 is 11.9 Å². The van der Waals surface area contributed by atoms with Gasteiger partial charge in [0.05, 0.1) is 13.7 Å². The Morgan fingerprint density at radius 1 is 0.824 bits per heavy atom. The summed E-state index contributed by atoms with van der Waals surface area (Å²) in [5, 5.41) is 84.4. The summed E-state index contributed by atoms with van der Waals surface area (Å²) >= 11 is 0. The van der Waals surface area contributed by atoms with Crippen molar-refractivity contribution in [3.63, 3.8) is 0 Å². The number of carbonyl (C=O) groups excluding carboxylic acids is 2. The number of ether oxygens (including phenoxy) is 7. The average molecular weight is 725 g/mol. The Kier molecular flexibility index (Phi) is 11.2. The van der Waals surface area contributed by atoms with Crippen LogP contribution in [0.2, 0.25) is 0 Å². The predicted molar refractivity (Wildman–Crippen MR) is 166 cm³/mol. The summed E-state index contributed by atoms with van der Waals surface area (Å²) < 4.78 is 43.8. The van der Waals surface area contributed by atoms with Crippen molar-refractivity contribution in [2.75, 3.05) is 20.3 Å². The second-order valence-electron chi connectivity index (χ2n) is 11.6. The Morgan fingerprint density at radius 3 is 2.18 bits per heavy atom. The minimum absolute atomic E-state index is 0.0537. The van der Waals surface area contributed by atoms with Crippen molar-refractivity contribution < 1.29 is 88.0 Å². The van der Waals surface area contributed by atoms with E-state index in [9.17, 15) is 55.2 Å². The molecule has 3 aromatic rings. The molecular formula is C32H36O19. The fourth-order valence-corrected chi connectivity index (χ4v) is 5.66. The normalized spacial score (nSPS) is 29.3. The molecule has 0 aliphatic carbocycles. The topological polar surface area (TPSA) is 291 Å². The van der Waals surface area contributed by atoms with Crippen LogP contribution in [0.4, 0.5) is 0 Å². The molecule has 2 fully saturated rings. The highest BCUT2D eigenvalue weighted by atomic mass is 16.7. The predicted octanol–water partition coefficient (Wildman–Crippen LogP) is -1.27. The number of rotatable bonds is 10. The van der Waals surface area contributed by atoms with Crippen LogP contribution in [0.5, 0.6) is 28.7 Å². The quantitative estimate of drug-likeness (QED) is 0.113. The fourth-order valence-electron chi connectivity index (χ4n) is 5.66. The number of methoxy groups -OCH3 is 1. The van der Waals surface area contributed by atoms with Gasteiger partial charge in [-0.05, 0) is 18.2 Å². The van der Waals surface area contributed by atoms with E-state index in [1.807, 2.05) is 0 Å². The Bertz CT molecular complexity index is 1810. The molecule has 0 spiro atoms. The number of carbonyl (C=O) groups is 2. The van der Waals surface area contributed by atoms with Gasteiger partial charge in [-0.3, -0.25) is 14.4 Å². The molecule has 2 aliphatic rings. The van der Waals surface area contributed by atoms with E-state index in [4.69, 9.17) is 37.6 Å². The third-order valence-electron chi connectivity index (χ3n) is 8.10. The molecule has 2 aromatic carbocycles. The number of phenolic OH excluding ortho intramolecular Hbond substituents is 3. The highest BCUT2D eigenvalue weighted by Gasteiger charge is 2.53. The van der Waals surface area contributed by atoms with Gasteiger partial charge in [0, 0.05) is 31.5 Å². The van der Waals surface area contributed by atoms with Crippen LogP contribution in [0.1, 0.15) is 13.8 Å². The zero-order chi connectivity index (χ0) is 37.3. The molecule has 278 valence electrons. The van der Waals surface area contributed by atoms with Gasteiger partial charge in [-0.1, -0.05) is 0 Å². The van der Waals surface area contributed by atoms with Gasteiger partial charge in [0.25, 0.3) is 0 Å². The molecule has 19 heteroatoms. The monoisotopic (exact) mass is 724 g/mol. The van der Waals surface area contributed by atoms with Crippen molar-refractivity contribution in [3.8, 4) is 40.1 Å². The van der Waals surface area contributed by atoms with Crippen LogP contribution in [-0.2, 0) is 33.3 Å². The summed E-state index contributed by atoms with van der Waals surface area (Å²) in [6.45, 7) is 0.632. The molecule has 3 heterocycles. The van der Waals surface area contributed by atoms with E-state index in [1.165, 1.54) is 25.3 Å². The maximum atomic E-state index is 13.9. The fraction of sp³-hybridized carbons (Fsp3) is 0.469. The van der Waals surface area contributed by atoms with Crippen molar-refractivity contribution >= 4 is 22.9 Å². The van der Waals surface area contributed by atoms with Crippen LogP contribution in [0.15, 0.2) is 39.5 Å². The maximum Gasteiger partial charge on any atom is 0.303 e. The van der Waals surface area contributed by atoms with Crippen LogP contribution >= 0.6 is 0 Å². The summed E-state index contributed by atoms with van der Waals surface area (Å²) in [6, 6.07) is 5.69. The van der Waals surface area contributed by atoms with Crippen LogP contribution < -0.4 is 14.9 Å². The highest BCUT2D eigenvalue weighted by Crippen LogP contribution is 2.40. The van der Waals surface area contributed by atoms with Crippen molar-refractivity contribution in [1.82, 2.24) is 0 Å². The molecule has 0 amide bonds. The first-order chi connectivity index (χ1) is 24.1. The molecule has 0 bridgehead atoms. The third-order valence-corrected chi connectivity index (χ3v) is 8.10. The van der Waals surface area contributed by atoms with Gasteiger partial charge in [0.2, 0.25) is 17.5 Å². The molecular weight excluding hydrogens is 688 g/mol. The van der Waals surface area contributed by atoms with Gasteiger partial charge in [-0.25, -0.2) is 0 Å². The lowest BCUT2D eigenvalue weighted by molar-refractivity contribution is -0.353. The molecule has 5 rings (SSSR count). The summed E-state index contributed by atoms with van der Waals surface area (Å²) in [5.74, 6) is -4.17. The lowest BCUT2D eigenvalue weighted by Gasteiger charge is -2.46. The van der Waals surface area contributed by atoms with Gasteiger partial charge in [0.15, 0.2) is 29.7 Å². The van der Waals surface area contributed by atoms with Crippen LogP contribution in [0.25, 0.3) is 22.3 Å².